The number of ether oxygens (including phenoxy) is 3. The number of aryl methyl sites for hydroxylation is 1. The first-order valence-corrected chi connectivity index (χ1v) is 8.17. The lowest BCUT2D eigenvalue weighted by molar-refractivity contribution is -0.151. The van der Waals surface area contributed by atoms with Gasteiger partial charge in [-0.1, -0.05) is 36.4 Å². The zero-order valence-electron chi connectivity index (χ0n) is 16.1. The van der Waals surface area contributed by atoms with Crippen molar-refractivity contribution in [2.24, 2.45) is 0 Å². The molecule has 0 saturated carbocycles. The molecule has 138 valence electrons. The third-order valence-corrected chi connectivity index (χ3v) is 2.96. The summed E-state index contributed by atoms with van der Waals surface area (Å²) in [5, 5.41) is 0. The Morgan fingerprint density at radius 1 is 0.920 bits per heavy atom. The van der Waals surface area contributed by atoms with Crippen molar-refractivity contribution in [1.82, 2.24) is 0 Å². The van der Waals surface area contributed by atoms with E-state index in [1.807, 2.05) is 19.1 Å². The largest absolute Gasteiger partial charge is 0.509 e. The Morgan fingerprint density at radius 2 is 1.40 bits per heavy atom. The lowest BCUT2D eigenvalue weighted by Gasteiger charge is -2.25. The Balaban J connectivity index is 3.06. The highest BCUT2D eigenvalue weighted by atomic mass is 16.7. The van der Waals surface area contributed by atoms with Crippen molar-refractivity contribution < 1.29 is 23.8 Å². The van der Waals surface area contributed by atoms with Gasteiger partial charge in [-0.15, -0.1) is 0 Å². The van der Waals surface area contributed by atoms with E-state index in [0.29, 0.717) is 5.56 Å². The predicted octanol–water partition coefficient (Wildman–Crippen LogP) is 4.89. The third kappa shape index (κ3) is 7.42. The van der Waals surface area contributed by atoms with Crippen LogP contribution in [0.4, 0.5) is 4.79 Å². The second-order valence-corrected chi connectivity index (χ2v) is 7.90. The molecule has 1 atom stereocenters. The summed E-state index contributed by atoms with van der Waals surface area (Å²) in [5.74, 6) is -0.623. The molecule has 1 unspecified atom stereocenters. The maximum Gasteiger partial charge on any atom is 0.509 e. The van der Waals surface area contributed by atoms with Crippen molar-refractivity contribution in [2.45, 2.75) is 65.8 Å². The fourth-order valence-electron chi connectivity index (χ4n) is 1.90. The minimum Gasteiger partial charge on any atom is -0.457 e. The quantitative estimate of drug-likeness (QED) is 0.573. The number of benzene rings is 1. The van der Waals surface area contributed by atoms with Crippen molar-refractivity contribution >= 4 is 12.1 Å². The first kappa shape index (κ1) is 20.7. The first-order chi connectivity index (χ1) is 11.3. The second kappa shape index (κ2) is 7.72. The summed E-state index contributed by atoms with van der Waals surface area (Å²) >= 11 is 0. The Kier molecular flexibility index (Phi) is 6.41. The summed E-state index contributed by atoms with van der Waals surface area (Å²) in [5.41, 5.74) is 0.311. The van der Waals surface area contributed by atoms with Gasteiger partial charge in [-0.3, -0.25) is 0 Å². The maximum absolute atomic E-state index is 12.4. The average molecular weight is 348 g/mol. The van der Waals surface area contributed by atoms with Crippen LogP contribution in [0.5, 0.6) is 0 Å². The van der Waals surface area contributed by atoms with E-state index in [9.17, 15) is 9.59 Å². The summed E-state index contributed by atoms with van der Waals surface area (Å²) < 4.78 is 15.9. The fraction of sp³-hybridized carbons (Fsp3) is 0.500. The lowest BCUT2D eigenvalue weighted by Crippen LogP contribution is -2.29. The smallest absolute Gasteiger partial charge is 0.457 e. The van der Waals surface area contributed by atoms with Crippen LogP contribution in [-0.4, -0.2) is 23.3 Å². The van der Waals surface area contributed by atoms with Crippen molar-refractivity contribution in [3.8, 4) is 0 Å². The predicted molar refractivity (Wildman–Crippen MR) is 96.2 cm³/mol. The molecule has 5 nitrogen and oxygen atoms in total. The van der Waals surface area contributed by atoms with Gasteiger partial charge in [0.2, 0.25) is 0 Å². The Morgan fingerprint density at radius 3 is 1.84 bits per heavy atom. The zero-order valence-corrected chi connectivity index (χ0v) is 16.1. The topological polar surface area (TPSA) is 61.8 Å². The van der Waals surface area contributed by atoms with Gasteiger partial charge >= 0.3 is 12.1 Å². The van der Waals surface area contributed by atoms with Crippen LogP contribution >= 0.6 is 0 Å². The number of esters is 1. The number of carbonyl (C=O) groups is 2. The molecular formula is C20H28O5. The van der Waals surface area contributed by atoms with E-state index < -0.39 is 29.4 Å². The minimum absolute atomic E-state index is 0.0321. The first-order valence-electron chi connectivity index (χ1n) is 8.17. The molecule has 0 N–H and O–H groups in total. The van der Waals surface area contributed by atoms with Crippen LogP contribution in [0.3, 0.4) is 0 Å². The molecular weight excluding hydrogens is 320 g/mol. The summed E-state index contributed by atoms with van der Waals surface area (Å²) in [4.78, 5) is 24.4. The normalized spacial score (nSPS) is 12.9. The molecule has 1 rings (SSSR count). The average Bonchev–Trinajstić information content (AvgIpc) is 2.41. The van der Waals surface area contributed by atoms with Gasteiger partial charge in [-0.05, 0) is 54.0 Å². The number of hydrogen-bond donors (Lipinski definition) is 0. The second-order valence-electron chi connectivity index (χ2n) is 7.90. The van der Waals surface area contributed by atoms with Crippen molar-refractivity contribution in [1.29, 1.82) is 0 Å². The highest BCUT2D eigenvalue weighted by Crippen LogP contribution is 2.28. The van der Waals surface area contributed by atoms with Crippen molar-refractivity contribution in [3.05, 3.63) is 47.5 Å². The summed E-state index contributed by atoms with van der Waals surface area (Å²) in [6, 6.07) is 7.28. The van der Waals surface area contributed by atoms with Crippen LogP contribution in [0.25, 0.3) is 0 Å². The highest BCUT2D eigenvalue weighted by Gasteiger charge is 2.30. The monoisotopic (exact) mass is 348 g/mol. The molecule has 25 heavy (non-hydrogen) atoms. The van der Waals surface area contributed by atoms with E-state index in [1.54, 1.807) is 53.7 Å². The number of hydrogen-bond acceptors (Lipinski definition) is 5. The van der Waals surface area contributed by atoms with Crippen LogP contribution in [0.1, 0.15) is 58.8 Å². The lowest BCUT2D eigenvalue weighted by atomic mass is 10.0. The highest BCUT2D eigenvalue weighted by molar-refractivity contribution is 5.89. The van der Waals surface area contributed by atoms with Gasteiger partial charge in [0.15, 0.2) is 6.10 Å². The standard InChI is InChI=1S/C20H28O5/c1-13-9-11-15(12-10-13)16(23-18(22)25-20(6,7)8)14(2)17(21)24-19(3,4)5/h9-12,16H,2H2,1,3-8H3. The molecule has 1 aromatic rings. The Bertz CT molecular complexity index is 630. The Labute approximate surface area is 150 Å². The number of carbonyl (C=O) groups excluding carboxylic acids is 2. The van der Waals surface area contributed by atoms with Gasteiger partial charge in [0, 0.05) is 0 Å². The van der Waals surface area contributed by atoms with E-state index in [4.69, 9.17) is 14.2 Å². The van der Waals surface area contributed by atoms with E-state index >= 15 is 0 Å². The molecule has 0 aromatic heterocycles. The van der Waals surface area contributed by atoms with Crippen LogP contribution in [-0.2, 0) is 19.0 Å². The summed E-state index contributed by atoms with van der Waals surface area (Å²) in [6.45, 7) is 16.2. The molecule has 0 aliphatic heterocycles. The van der Waals surface area contributed by atoms with Gasteiger partial charge in [0.25, 0.3) is 0 Å². The van der Waals surface area contributed by atoms with E-state index in [-0.39, 0.29) is 5.57 Å². The molecule has 0 radical (unpaired) electrons. The Hall–Kier alpha value is -2.30. The molecule has 0 fully saturated rings. The third-order valence-electron chi connectivity index (χ3n) is 2.96. The van der Waals surface area contributed by atoms with Gasteiger partial charge < -0.3 is 14.2 Å². The maximum atomic E-state index is 12.4. The molecule has 0 bridgehead atoms. The molecule has 0 spiro atoms. The number of rotatable bonds is 4. The molecule has 0 amide bonds. The van der Waals surface area contributed by atoms with Crippen LogP contribution < -0.4 is 0 Å². The van der Waals surface area contributed by atoms with E-state index in [0.717, 1.165) is 5.56 Å². The molecule has 0 heterocycles. The van der Waals surface area contributed by atoms with Crippen molar-refractivity contribution in [3.63, 3.8) is 0 Å². The summed E-state index contributed by atoms with van der Waals surface area (Å²) in [7, 11) is 0. The minimum atomic E-state index is -0.981. The van der Waals surface area contributed by atoms with Gasteiger partial charge in [-0.25, -0.2) is 9.59 Å². The fourth-order valence-corrected chi connectivity index (χ4v) is 1.90. The molecule has 0 saturated heterocycles. The SMILES string of the molecule is C=C(C(=O)OC(C)(C)C)C(OC(=O)OC(C)(C)C)c1ccc(C)cc1. The van der Waals surface area contributed by atoms with E-state index in [1.165, 1.54) is 0 Å². The van der Waals surface area contributed by atoms with Gasteiger partial charge in [-0.2, -0.15) is 0 Å². The van der Waals surface area contributed by atoms with E-state index in [2.05, 4.69) is 6.58 Å². The molecule has 1 aromatic carbocycles. The van der Waals surface area contributed by atoms with Crippen LogP contribution in [0, 0.1) is 6.92 Å². The van der Waals surface area contributed by atoms with Gasteiger partial charge in [0.1, 0.15) is 11.2 Å². The van der Waals surface area contributed by atoms with Crippen LogP contribution in [0.15, 0.2) is 36.4 Å². The van der Waals surface area contributed by atoms with Gasteiger partial charge in [0.05, 0.1) is 5.57 Å². The molecule has 0 aliphatic carbocycles. The van der Waals surface area contributed by atoms with Crippen LogP contribution in [0.2, 0.25) is 0 Å². The molecule has 5 heteroatoms. The van der Waals surface area contributed by atoms with Crippen molar-refractivity contribution in [2.75, 3.05) is 0 Å². The summed E-state index contributed by atoms with van der Waals surface area (Å²) in [6.07, 6.45) is -1.85. The zero-order chi connectivity index (χ0) is 19.4. The molecule has 0 aliphatic rings.